The normalized spacial score (nSPS) is 30.6. The second-order valence-corrected chi connectivity index (χ2v) is 8.74. The van der Waals surface area contributed by atoms with Gasteiger partial charge in [0.05, 0.1) is 23.6 Å². The van der Waals surface area contributed by atoms with E-state index in [-0.39, 0.29) is 41.6 Å². The quantitative estimate of drug-likeness (QED) is 0.772. The van der Waals surface area contributed by atoms with Crippen molar-refractivity contribution in [2.45, 2.75) is 37.5 Å². The highest BCUT2D eigenvalue weighted by atomic mass is 32.1. The first kappa shape index (κ1) is 18.7. The molecule has 1 fully saturated rings. The van der Waals surface area contributed by atoms with Gasteiger partial charge in [0, 0.05) is 31.5 Å². The third kappa shape index (κ3) is 3.22. The second-order valence-electron chi connectivity index (χ2n) is 7.76. The molecule has 4 rings (SSSR count). The van der Waals surface area contributed by atoms with Crippen LogP contribution in [0.25, 0.3) is 0 Å². The minimum atomic E-state index is -0.318. The first-order valence-corrected chi connectivity index (χ1v) is 10.4. The molecule has 27 heavy (non-hydrogen) atoms. The van der Waals surface area contributed by atoms with E-state index >= 15 is 0 Å². The summed E-state index contributed by atoms with van der Waals surface area (Å²) < 4.78 is 11.6. The van der Waals surface area contributed by atoms with E-state index in [1.54, 1.807) is 23.3 Å². The molecular weight excluding hydrogens is 364 g/mol. The number of likely N-dealkylation sites (N-methyl/N-ethyl adjacent to an activating group) is 1. The van der Waals surface area contributed by atoms with E-state index in [0.29, 0.717) is 18.5 Å². The van der Waals surface area contributed by atoms with E-state index in [4.69, 9.17) is 9.47 Å². The van der Waals surface area contributed by atoms with Crippen LogP contribution in [-0.2, 0) is 19.1 Å². The van der Waals surface area contributed by atoms with Gasteiger partial charge in [-0.15, -0.1) is 11.3 Å². The summed E-state index contributed by atoms with van der Waals surface area (Å²) in [6, 6.07) is 3.65. The lowest BCUT2D eigenvalue weighted by atomic mass is 9.77. The van der Waals surface area contributed by atoms with E-state index < -0.39 is 0 Å². The maximum absolute atomic E-state index is 13.4. The zero-order valence-electron chi connectivity index (χ0n) is 16.0. The Balaban J connectivity index is 1.69. The van der Waals surface area contributed by atoms with Crippen LogP contribution in [0.15, 0.2) is 28.8 Å². The molecule has 1 saturated carbocycles. The predicted molar refractivity (Wildman–Crippen MR) is 102 cm³/mol. The van der Waals surface area contributed by atoms with Crippen molar-refractivity contribution in [2.24, 2.45) is 5.92 Å². The number of carbonyl (C=O) groups is 2. The largest absolute Gasteiger partial charge is 0.483 e. The average Bonchev–Trinajstić information content (AvgIpc) is 3.27. The maximum atomic E-state index is 13.4. The number of hydrogen-bond donors (Lipinski definition) is 0. The molecule has 2 aliphatic heterocycles. The van der Waals surface area contributed by atoms with Gasteiger partial charge < -0.3 is 19.3 Å². The summed E-state index contributed by atoms with van der Waals surface area (Å²) in [5.41, 5.74) is 0.568. The van der Waals surface area contributed by atoms with Crippen LogP contribution >= 0.6 is 11.3 Å². The number of methoxy groups -OCH3 is 1. The minimum Gasteiger partial charge on any atom is -0.483 e. The summed E-state index contributed by atoms with van der Waals surface area (Å²) >= 11 is 1.58. The lowest BCUT2D eigenvalue weighted by Gasteiger charge is -2.38. The van der Waals surface area contributed by atoms with Crippen molar-refractivity contribution in [3.63, 3.8) is 0 Å². The molecule has 4 unspecified atom stereocenters. The highest BCUT2D eigenvalue weighted by Gasteiger charge is 2.52. The fraction of sp³-hybridized carbons (Fsp3) is 0.600. The third-order valence-corrected chi connectivity index (χ3v) is 6.76. The molecule has 0 aromatic carbocycles. The minimum absolute atomic E-state index is 0.0925. The van der Waals surface area contributed by atoms with Crippen molar-refractivity contribution < 1.29 is 19.1 Å². The standard InChI is InChI=1S/C20H26N2O4S/c1-21(2)8-9-22-17(15-5-4-10-27-15)16-18(23)13-7-6-12(25-3)11-14(13)26-19(16)20(22)24/h4-5,10,12-14,17H,6-9,11H2,1-3H3. The number of carbonyl (C=O) groups excluding carboxylic acids is 2. The van der Waals surface area contributed by atoms with Crippen LogP contribution in [0.3, 0.4) is 0 Å². The van der Waals surface area contributed by atoms with Crippen molar-refractivity contribution in [2.75, 3.05) is 34.3 Å². The van der Waals surface area contributed by atoms with E-state index in [0.717, 1.165) is 24.3 Å². The van der Waals surface area contributed by atoms with E-state index in [1.807, 2.05) is 36.5 Å². The summed E-state index contributed by atoms with van der Waals surface area (Å²) in [5, 5.41) is 1.99. The van der Waals surface area contributed by atoms with Crippen LogP contribution < -0.4 is 0 Å². The molecule has 146 valence electrons. The Labute approximate surface area is 163 Å². The molecule has 0 radical (unpaired) electrons. The summed E-state index contributed by atoms with van der Waals surface area (Å²) in [5.74, 6) is 0.0425. The maximum Gasteiger partial charge on any atom is 0.290 e. The van der Waals surface area contributed by atoms with Gasteiger partial charge in [-0.25, -0.2) is 0 Å². The molecule has 1 aromatic rings. The van der Waals surface area contributed by atoms with Gasteiger partial charge in [0.15, 0.2) is 11.5 Å². The van der Waals surface area contributed by atoms with Gasteiger partial charge in [0.2, 0.25) is 0 Å². The highest BCUT2D eigenvalue weighted by Crippen LogP contribution is 2.47. The van der Waals surface area contributed by atoms with Crippen molar-refractivity contribution in [3.8, 4) is 0 Å². The van der Waals surface area contributed by atoms with Crippen LogP contribution in [0.2, 0.25) is 0 Å². The van der Waals surface area contributed by atoms with Crippen molar-refractivity contribution >= 4 is 23.0 Å². The molecule has 6 nitrogen and oxygen atoms in total. The van der Waals surface area contributed by atoms with Crippen molar-refractivity contribution in [3.05, 3.63) is 33.7 Å². The first-order chi connectivity index (χ1) is 13.0. The molecule has 3 aliphatic rings. The first-order valence-electron chi connectivity index (χ1n) is 9.48. The van der Waals surface area contributed by atoms with Gasteiger partial charge in [-0.05, 0) is 38.4 Å². The molecule has 0 N–H and O–H groups in total. The van der Waals surface area contributed by atoms with Crippen molar-refractivity contribution in [1.82, 2.24) is 9.80 Å². The van der Waals surface area contributed by atoms with E-state index in [9.17, 15) is 9.59 Å². The second kappa shape index (κ2) is 7.37. The number of ketones is 1. The Morgan fingerprint density at radius 3 is 2.81 bits per heavy atom. The molecule has 4 atom stereocenters. The number of Topliss-reactive ketones (excluding diaryl/α,β-unsaturated/α-hetero) is 1. The number of hydrogen-bond acceptors (Lipinski definition) is 6. The molecule has 0 spiro atoms. The van der Waals surface area contributed by atoms with Crippen LogP contribution in [0.5, 0.6) is 0 Å². The van der Waals surface area contributed by atoms with Gasteiger partial charge in [-0.1, -0.05) is 6.07 Å². The Hall–Kier alpha value is -1.70. The van der Waals surface area contributed by atoms with Gasteiger partial charge in [0.25, 0.3) is 5.91 Å². The Bertz CT molecular complexity index is 758. The zero-order valence-corrected chi connectivity index (χ0v) is 16.8. The topological polar surface area (TPSA) is 59.1 Å². The summed E-state index contributed by atoms with van der Waals surface area (Å²) in [6.45, 7) is 1.30. The third-order valence-electron chi connectivity index (χ3n) is 5.83. The van der Waals surface area contributed by atoms with Crippen LogP contribution in [-0.4, -0.2) is 68.0 Å². The van der Waals surface area contributed by atoms with E-state index in [2.05, 4.69) is 0 Å². The number of rotatable bonds is 5. The molecule has 0 saturated heterocycles. The summed E-state index contributed by atoms with van der Waals surface area (Å²) in [6.07, 6.45) is 2.12. The Morgan fingerprint density at radius 1 is 1.33 bits per heavy atom. The molecule has 1 aromatic heterocycles. The molecule has 7 heteroatoms. The highest BCUT2D eigenvalue weighted by molar-refractivity contribution is 7.10. The average molecular weight is 391 g/mol. The monoisotopic (exact) mass is 390 g/mol. The van der Waals surface area contributed by atoms with Crippen LogP contribution in [0.1, 0.15) is 30.2 Å². The van der Waals surface area contributed by atoms with Crippen LogP contribution in [0, 0.1) is 5.92 Å². The number of nitrogens with zero attached hydrogens (tertiary/aromatic N) is 2. The number of fused-ring (bicyclic) bond motifs is 1. The van der Waals surface area contributed by atoms with E-state index in [1.165, 1.54) is 0 Å². The van der Waals surface area contributed by atoms with Gasteiger partial charge in [0.1, 0.15) is 6.10 Å². The lowest BCUT2D eigenvalue weighted by Crippen LogP contribution is -2.43. The van der Waals surface area contributed by atoms with Gasteiger partial charge in [-0.3, -0.25) is 9.59 Å². The SMILES string of the molecule is COC1CCC2C(=O)C3=C(OC2C1)C(=O)N(CCN(C)C)C3c1cccs1. The zero-order chi connectivity index (χ0) is 19.1. The van der Waals surface area contributed by atoms with Gasteiger partial charge in [-0.2, -0.15) is 0 Å². The fourth-order valence-corrected chi connectivity index (χ4v) is 5.22. The molecular formula is C20H26N2O4S. The Kier molecular flexibility index (Phi) is 5.09. The lowest BCUT2D eigenvalue weighted by molar-refractivity contribution is -0.138. The van der Waals surface area contributed by atoms with Crippen LogP contribution in [0.4, 0.5) is 0 Å². The molecule has 1 amide bonds. The molecule has 0 bridgehead atoms. The number of ether oxygens (including phenoxy) is 2. The van der Waals surface area contributed by atoms with Crippen molar-refractivity contribution in [1.29, 1.82) is 0 Å². The predicted octanol–water partition coefficient (Wildman–Crippen LogP) is 2.23. The smallest absolute Gasteiger partial charge is 0.290 e. The summed E-state index contributed by atoms with van der Waals surface area (Å²) in [7, 11) is 5.65. The number of amides is 1. The number of thiophene rings is 1. The van der Waals surface area contributed by atoms with Gasteiger partial charge >= 0.3 is 0 Å². The summed E-state index contributed by atoms with van der Waals surface area (Å²) in [4.78, 5) is 31.5. The Morgan fingerprint density at radius 2 is 2.15 bits per heavy atom. The molecule has 1 aliphatic carbocycles. The molecule has 3 heterocycles. The fourth-order valence-electron chi connectivity index (χ4n) is 4.37.